The molecule has 0 saturated carbocycles. The predicted molar refractivity (Wildman–Crippen MR) is 379 cm³/mol. The van der Waals surface area contributed by atoms with E-state index in [9.17, 15) is 37.2 Å². The Morgan fingerprint density at radius 3 is 1.23 bits per heavy atom. The third-order valence-corrected chi connectivity index (χ3v) is 17.6. The van der Waals surface area contributed by atoms with Crippen LogP contribution in [0.25, 0.3) is 0 Å². The van der Waals surface area contributed by atoms with Gasteiger partial charge in [0, 0.05) is 10.7 Å². The van der Waals surface area contributed by atoms with Crippen LogP contribution >= 0.6 is 38.2 Å². The highest BCUT2D eigenvalue weighted by Crippen LogP contribution is 2.31. The van der Waals surface area contributed by atoms with Crippen molar-refractivity contribution in [2.24, 2.45) is 0 Å². The molecule has 0 aromatic heterocycles. The van der Waals surface area contributed by atoms with Gasteiger partial charge in [-0.25, -0.2) is 18.0 Å². The number of phenols is 1. The van der Waals surface area contributed by atoms with Crippen molar-refractivity contribution in [2.45, 2.75) is 271 Å². The van der Waals surface area contributed by atoms with E-state index in [1.54, 1.807) is 56.3 Å². The van der Waals surface area contributed by atoms with Gasteiger partial charge >= 0.3 is 17.9 Å². The average molecular weight is 1420 g/mol. The predicted octanol–water partition coefficient (Wildman–Crippen LogP) is 19.6. The van der Waals surface area contributed by atoms with Crippen molar-refractivity contribution in [3.63, 3.8) is 0 Å². The summed E-state index contributed by atoms with van der Waals surface area (Å²) >= 11 is 8.67. The zero-order valence-corrected chi connectivity index (χ0v) is 61.3. The summed E-state index contributed by atoms with van der Waals surface area (Å²) in [6.07, 6.45) is 30.3. The number of esters is 3. The second kappa shape index (κ2) is 51.8. The maximum absolute atomic E-state index is 12.3. The molecule has 4 aromatic carbocycles. The molecular weight excluding hydrogens is 1310 g/mol. The number of phenolic OH excluding ortho intramolecular Hbond substituents is 1. The van der Waals surface area contributed by atoms with E-state index in [4.69, 9.17) is 51.1 Å². The number of aryl methyl sites for hydroxylation is 3. The minimum absolute atomic E-state index is 0.0817. The molecule has 93 heavy (non-hydrogen) atoms. The molecule has 1 heterocycles. The molecular formula is C74H110BrCl2NO14S. The van der Waals surface area contributed by atoms with Gasteiger partial charge in [-0.2, -0.15) is 0 Å². The zero-order valence-electron chi connectivity index (χ0n) is 57.4. The Morgan fingerprint density at radius 1 is 0.495 bits per heavy atom. The third-order valence-electron chi connectivity index (χ3n) is 15.1. The van der Waals surface area contributed by atoms with E-state index in [1.165, 1.54) is 146 Å². The molecule has 0 aliphatic carbocycles. The van der Waals surface area contributed by atoms with Crippen LogP contribution in [0.15, 0.2) is 95.9 Å². The molecule has 1 aliphatic heterocycles. The summed E-state index contributed by atoms with van der Waals surface area (Å²) in [7, 11) is 1.55. The largest absolute Gasteiger partial charge is 0.508 e. The lowest BCUT2D eigenvalue weighted by Gasteiger charge is -2.19. The number of nitrogens with zero attached hydrogens (tertiary/aromatic N) is 1. The number of fused-ring (bicyclic) bond motifs is 1. The van der Waals surface area contributed by atoms with Gasteiger partial charge in [0.25, 0.3) is 20.9 Å². The number of hydrogen-bond donors (Lipinski definition) is 1. The summed E-state index contributed by atoms with van der Waals surface area (Å²) in [4.78, 5) is 71.0. The smallest absolute Gasteiger partial charge is 0.347 e. The number of alkyl halides is 1. The van der Waals surface area contributed by atoms with Crippen LogP contribution in [0.1, 0.15) is 259 Å². The number of unbranched alkanes of at least 4 members (excludes halogenated alkanes) is 21. The highest BCUT2D eigenvalue weighted by Gasteiger charge is 2.40. The Bertz CT molecular complexity index is 2780. The van der Waals surface area contributed by atoms with Gasteiger partial charge in [-0.1, -0.05) is 232 Å². The van der Waals surface area contributed by atoms with E-state index in [2.05, 4.69) is 36.7 Å². The molecule has 2 amide bonds. The molecule has 5 rings (SSSR count). The fourth-order valence-electron chi connectivity index (χ4n) is 9.70. The Hall–Kier alpha value is -5.49. The molecule has 4 aromatic rings. The van der Waals surface area contributed by atoms with Crippen molar-refractivity contribution in [3.05, 3.63) is 119 Å². The Labute approximate surface area is 576 Å². The molecule has 0 spiro atoms. The van der Waals surface area contributed by atoms with E-state index < -0.39 is 50.3 Å². The summed E-state index contributed by atoms with van der Waals surface area (Å²) in [5.41, 5.74) is 3.72. The number of aromatic hydroxyl groups is 1. The highest BCUT2D eigenvalue weighted by molar-refractivity contribution is 9.10. The first-order valence-electron chi connectivity index (χ1n) is 34.0. The number of carbonyl (C=O) groups excluding carboxylic acids is 6. The highest BCUT2D eigenvalue weighted by atomic mass is 79.9. The van der Waals surface area contributed by atoms with Gasteiger partial charge in [0.1, 0.15) is 33.0 Å². The summed E-state index contributed by atoms with van der Waals surface area (Å²) in [5.74, 6) is -0.642. The second-order valence-corrected chi connectivity index (χ2v) is 27.3. The number of rotatable bonds is 40. The molecule has 15 nitrogen and oxygen atoms in total. The molecule has 1 N–H and O–H groups in total. The molecule has 1 aliphatic rings. The van der Waals surface area contributed by atoms with Crippen LogP contribution in [-0.2, 0) is 42.4 Å². The molecule has 4 unspecified atom stereocenters. The van der Waals surface area contributed by atoms with Gasteiger partial charge < -0.3 is 28.8 Å². The molecule has 0 bridgehead atoms. The van der Waals surface area contributed by atoms with Gasteiger partial charge in [-0.15, -0.1) is 0 Å². The Morgan fingerprint density at radius 2 is 0.849 bits per heavy atom. The monoisotopic (exact) mass is 1420 g/mol. The lowest BCUT2D eigenvalue weighted by Crippen LogP contribution is -2.41. The number of hydrogen-bond acceptors (Lipinski definition) is 14. The minimum Gasteiger partial charge on any atom is -0.508 e. The number of ether oxygens (including phenoxy) is 5. The van der Waals surface area contributed by atoms with Gasteiger partial charge in [0.2, 0.25) is 5.24 Å². The first-order chi connectivity index (χ1) is 44.5. The Kier molecular flexibility index (Phi) is 47.6. The van der Waals surface area contributed by atoms with Crippen molar-refractivity contribution in [1.82, 2.24) is 4.90 Å². The standard InChI is InChI=1S/C21H33ClO5S.C21H34O3.C14H27BrO2.C11H8ClNO3.C7H8O/c1-4-6-7-8-9-10-11-12-13-19(21(23)26-5-2)27-18-15-14-17(3)16-20(18)28(22,24)25;1-4-6-7-8-9-10-11-12-13-20(21(22)23-5-2)24-19-16-14-18(3)15-17-19;1-3-5-6-7-8-9-10-11-12-13(15)14(16)17-4-2;1-6(9(12)14)13-10(15)7-4-2-3-5-8(7)11(13)16;1-6-2-4-7(8)5-3-6/h14-16,19H,4-13H2,1-3H3;14-17,20H,4-13H2,1-3H3;13H,3-12H2,1-2H3;2-6H,1H3;2-5,8H,1H3. The quantitative estimate of drug-likeness (QED) is 0.0110. The van der Waals surface area contributed by atoms with Gasteiger partial charge in [-0.3, -0.25) is 24.1 Å². The SMILES string of the molecule is CC(C(=O)Cl)N1C(=O)c2ccccc2C1=O.CCCCCCCCCCC(Br)C(=O)OCC.CCCCCCCCCCC(Oc1ccc(C)cc1)C(=O)OCC.CCCCCCCCCCC(Oc1ccc(C)cc1S(=O)(=O)Cl)C(=O)OCC.Cc1ccc(O)cc1. The topological polar surface area (TPSA) is 206 Å². The third kappa shape index (κ3) is 38.0. The van der Waals surface area contributed by atoms with Crippen LogP contribution < -0.4 is 9.47 Å². The average Bonchev–Trinajstić information content (AvgIpc) is 1.66. The van der Waals surface area contributed by atoms with E-state index in [0.717, 1.165) is 67.6 Å². The summed E-state index contributed by atoms with van der Waals surface area (Å²) in [6, 6.07) is 25.1. The number of imide groups is 1. The molecule has 19 heteroatoms. The maximum atomic E-state index is 12.3. The number of amides is 2. The van der Waals surface area contributed by atoms with Gasteiger partial charge in [0.15, 0.2) is 12.2 Å². The Balaban J connectivity index is 0.000000606. The fourth-order valence-corrected chi connectivity index (χ4v) is 11.3. The van der Waals surface area contributed by atoms with E-state index in [-0.39, 0.29) is 34.0 Å². The van der Waals surface area contributed by atoms with Crippen LogP contribution in [0.5, 0.6) is 17.2 Å². The van der Waals surface area contributed by atoms with Gasteiger partial charge in [0.05, 0.1) is 30.9 Å². The van der Waals surface area contributed by atoms with Crippen molar-refractivity contribution in [3.8, 4) is 17.2 Å². The van der Waals surface area contributed by atoms with Crippen LogP contribution in [0.3, 0.4) is 0 Å². The summed E-state index contributed by atoms with van der Waals surface area (Å²) < 4.78 is 50.6. The molecule has 0 radical (unpaired) electrons. The lowest BCUT2D eigenvalue weighted by atomic mass is 10.1. The number of benzene rings is 4. The van der Waals surface area contributed by atoms with E-state index in [0.29, 0.717) is 36.5 Å². The van der Waals surface area contributed by atoms with Crippen LogP contribution in [0.2, 0.25) is 0 Å². The molecule has 522 valence electrons. The van der Waals surface area contributed by atoms with Crippen LogP contribution in [0.4, 0.5) is 0 Å². The molecule has 0 fully saturated rings. The fraction of sp³-hybridized carbons (Fsp3) is 0.595. The van der Waals surface area contributed by atoms with Crippen LogP contribution in [-0.4, -0.2) is 96.3 Å². The number of halogens is 3. The second-order valence-electron chi connectivity index (χ2n) is 23.3. The van der Waals surface area contributed by atoms with Crippen molar-refractivity contribution < 1.29 is 66.0 Å². The summed E-state index contributed by atoms with van der Waals surface area (Å²) in [5, 5.41) is 8.03. The first kappa shape index (κ1) is 85.5. The first-order valence-corrected chi connectivity index (χ1v) is 37.6. The van der Waals surface area contributed by atoms with E-state index in [1.807, 2.05) is 64.1 Å². The molecule has 0 saturated heterocycles. The van der Waals surface area contributed by atoms with Crippen molar-refractivity contribution in [1.29, 1.82) is 0 Å². The number of carbonyl (C=O) groups is 6. The molecule has 4 atom stereocenters. The minimum atomic E-state index is -3.98. The van der Waals surface area contributed by atoms with Crippen molar-refractivity contribution >= 4 is 82.2 Å². The van der Waals surface area contributed by atoms with Gasteiger partial charge in [-0.05, 0) is 146 Å². The zero-order chi connectivity index (χ0) is 69.4. The van der Waals surface area contributed by atoms with Crippen LogP contribution in [0, 0.1) is 20.8 Å². The normalized spacial score (nSPS) is 12.7. The summed E-state index contributed by atoms with van der Waals surface area (Å²) in [6.45, 7) is 20.4. The maximum Gasteiger partial charge on any atom is 0.347 e. The van der Waals surface area contributed by atoms with Crippen molar-refractivity contribution in [2.75, 3.05) is 19.8 Å². The lowest BCUT2D eigenvalue weighted by molar-refractivity contribution is -0.152. The van der Waals surface area contributed by atoms with E-state index >= 15 is 0 Å².